The van der Waals surface area contributed by atoms with Gasteiger partial charge in [-0.05, 0) is 69.7 Å². The van der Waals surface area contributed by atoms with Gasteiger partial charge in [-0.2, -0.15) is 0 Å². The molecule has 0 saturated heterocycles. The summed E-state index contributed by atoms with van der Waals surface area (Å²) in [5.41, 5.74) is 1.34. The lowest BCUT2D eigenvalue weighted by Gasteiger charge is -2.19. The number of halogens is 1. The highest BCUT2D eigenvalue weighted by atomic mass is 19.1. The van der Waals surface area contributed by atoms with E-state index in [9.17, 15) is 14.0 Å². The van der Waals surface area contributed by atoms with Crippen LogP contribution in [0, 0.1) is 12.7 Å². The molecule has 0 bridgehead atoms. The molecule has 2 amide bonds. The summed E-state index contributed by atoms with van der Waals surface area (Å²) in [5.74, 6) is -0.721. The Morgan fingerprint density at radius 2 is 1.76 bits per heavy atom. The van der Waals surface area contributed by atoms with E-state index in [4.69, 9.17) is 4.74 Å². The standard InChI is InChI=1S/C19H21FN2O3/c1-12-10-14(20)8-9-16(12)22-17(23)13-6-5-7-15(11-13)21-18(24)25-19(2,3)4/h5-11H,1-4H3,(H,21,24)(H,22,23). The first-order valence-corrected chi connectivity index (χ1v) is 7.81. The van der Waals surface area contributed by atoms with Crippen molar-refractivity contribution in [2.24, 2.45) is 0 Å². The number of hydrogen-bond donors (Lipinski definition) is 2. The van der Waals surface area contributed by atoms with Crippen molar-refractivity contribution in [3.8, 4) is 0 Å². The van der Waals surface area contributed by atoms with Crippen LogP contribution in [0.4, 0.5) is 20.6 Å². The van der Waals surface area contributed by atoms with Crippen LogP contribution in [0.2, 0.25) is 0 Å². The molecule has 2 aromatic carbocycles. The normalized spacial score (nSPS) is 10.9. The van der Waals surface area contributed by atoms with Crippen molar-refractivity contribution in [1.82, 2.24) is 0 Å². The Bertz CT molecular complexity index is 797. The van der Waals surface area contributed by atoms with Crippen molar-refractivity contribution in [2.75, 3.05) is 10.6 Å². The van der Waals surface area contributed by atoms with E-state index in [1.165, 1.54) is 24.3 Å². The molecule has 0 aliphatic heterocycles. The van der Waals surface area contributed by atoms with Gasteiger partial charge in [0.25, 0.3) is 5.91 Å². The van der Waals surface area contributed by atoms with Gasteiger partial charge in [-0.25, -0.2) is 9.18 Å². The fourth-order valence-electron chi connectivity index (χ4n) is 2.12. The van der Waals surface area contributed by atoms with Crippen LogP contribution in [0.25, 0.3) is 0 Å². The number of carbonyl (C=O) groups is 2. The van der Waals surface area contributed by atoms with Crippen molar-refractivity contribution in [1.29, 1.82) is 0 Å². The van der Waals surface area contributed by atoms with E-state index in [1.54, 1.807) is 45.9 Å². The summed E-state index contributed by atoms with van der Waals surface area (Å²) in [6.07, 6.45) is -0.598. The van der Waals surface area contributed by atoms with Crippen LogP contribution < -0.4 is 10.6 Å². The molecule has 2 aromatic rings. The van der Waals surface area contributed by atoms with Crippen molar-refractivity contribution in [2.45, 2.75) is 33.3 Å². The number of nitrogens with one attached hydrogen (secondary N) is 2. The number of rotatable bonds is 3. The first-order chi connectivity index (χ1) is 11.6. The van der Waals surface area contributed by atoms with Gasteiger partial charge in [-0.3, -0.25) is 10.1 Å². The van der Waals surface area contributed by atoms with Crippen molar-refractivity contribution in [3.05, 3.63) is 59.4 Å². The number of anilines is 2. The van der Waals surface area contributed by atoms with Gasteiger partial charge in [-0.15, -0.1) is 0 Å². The smallest absolute Gasteiger partial charge is 0.412 e. The topological polar surface area (TPSA) is 67.4 Å². The molecular formula is C19H21FN2O3. The van der Waals surface area contributed by atoms with Gasteiger partial charge in [0.15, 0.2) is 0 Å². The Balaban J connectivity index is 2.09. The minimum Gasteiger partial charge on any atom is -0.444 e. The minimum atomic E-state index is -0.612. The molecule has 0 atom stereocenters. The minimum absolute atomic E-state index is 0.359. The van der Waals surface area contributed by atoms with Crippen LogP contribution in [-0.4, -0.2) is 17.6 Å². The van der Waals surface area contributed by atoms with Gasteiger partial charge >= 0.3 is 6.09 Å². The molecule has 6 heteroatoms. The summed E-state index contributed by atoms with van der Waals surface area (Å²) in [7, 11) is 0. The maximum Gasteiger partial charge on any atom is 0.412 e. The zero-order chi connectivity index (χ0) is 18.6. The molecule has 0 aromatic heterocycles. The van der Waals surface area contributed by atoms with Crippen LogP contribution >= 0.6 is 0 Å². The second kappa shape index (κ2) is 7.34. The van der Waals surface area contributed by atoms with Crippen LogP contribution in [0.5, 0.6) is 0 Å². The van der Waals surface area contributed by atoms with Gasteiger partial charge in [0.05, 0.1) is 0 Å². The molecule has 0 fully saturated rings. The fourth-order valence-corrected chi connectivity index (χ4v) is 2.12. The highest BCUT2D eigenvalue weighted by Crippen LogP contribution is 2.18. The Morgan fingerprint density at radius 1 is 1.04 bits per heavy atom. The SMILES string of the molecule is Cc1cc(F)ccc1NC(=O)c1cccc(NC(=O)OC(C)(C)C)c1. The molecule has 0 unspecified atom stereocenters. The second-order valence-electron chi connectivity index (χ2n) is 6.62. The lowest BCUT2D eigenvalue weighted by Crippen LogP contribution is -2.27. The van der Waals surface area contributed by atoms with E-state index in [2.05, 4.69) is 10.6 Å². The van der Waals surface area contributed by atoms with Gasteiger partial charge in [0, 0.05) is 16.9 Å². The zero-order valence-electron chi connectivity index (χ0n) is 14.6. The van der Waals surface area contributed by atoms with Crippen molar-refractivity contribution in [3.63, 3.8) is 0 Å². The molecule has 132 valence electrons. The highest BCUT2D eigenvalue weighted by Gasteiger charge is 2.16. The van der Waals surface area contributed by atoms with E-state index < -0.39 is 11.7 Å². The molecule has 2 N–H and O–H groups in total. The van der Waals surface area contributed by atoms with Crippen LogP contribution in [0.3, 0.4) is 0 Å². The number of amides is 2. The van der Waals surface area contributed by atoms with Gasteiger partial charge in [0.2, 0.25) is 0 Å². The molecular weight excluding hydrogens is 323 g/mol. The third-order valence-corrected chi connectivity index (χ3v) is 3.21. The largest absolute Gasteiger partial charge is 0.444 e. The van der Waals surface area contributed by atoms with Crippen LogP contribution in [0.1, 0.15) is 36.7 Å². The maximum atomic E-state index is 13.1. The maximum absolute atomic E-state index is 13.1. The molecule has 0 heterocycles. The highest BCUT2D eigenvalue weighted by molar-refractivity contribution is 6.05. The number of aryl methyl sites for hydroxylation is 1. The van der Waals surface area contributed by atoms with Gasteiger partial charge in [-0.1, -0.05) is 6.07 Å². The summed E-state index contributed by atoms with van der Waals surface area (Å²) < 4.78 is 18.3. The average Bonchev–Trinajstić information content (AvgIpc) is 2.48. The Labute approximate surface area is 146 Å². The summed E-state index contributed by atoms with van der Waals surface area (Å²) >= 11 is 0. The first kappa shape index (κ1) is 18.4. The van der Waals surface area contributed by atoms with Crippen LogP contribution in [0.15, 0.2) is 42.5 Å². The molecule has 0 aliphatic rings. The molecule has 0 spiro atoms. The van der Waals surface area contributed by atoms with Crippen LogP contribution in [-0.2, 0) is 4.74 Å². The molecule has 2 rings (SSSR count). The van der Waals surface area contributed by atoms with Gasteiger partial charge < -0.3 is 10.1 Å². The van der Waals surface area contributed by atoms with E-state index in [0.717, 1.165) is 0 Å². The van der Waals surface area contributed by atoms with Gasteiger partial charge in [0.1, 0.15) is 11.4 Å². The van der Waals surface area contributed by atoms with E-state index in [1.807, 2.05) is 0 Å². The molecule has 0 radical (unpaired) electrons. The number of ether oxygens (including phenoxy) is 1. The zero-order valence-corrected chi connectivity index (χ0v) is 14.6. The van der Waals surface area contributed by atoms with Crippen molar-refractivity contribution >= 4 is 23.4 Å². The average molecular weight is 344 g/mol. The van der Waals surface area contributed by atoms with E-state index >= 15 is 0 Å². The predicted octanol–water partition coefficient (Wildman–Crippen LogP) is 4.73. The lowest BCUT2D eigenvalue weighted by molar-refractivity contribution is 0.0635. The number of carbonyl (C=O) groups excluding carboxylic acids is 2. The monoisotopic (exact) mass is 344 g/mol. The summed E-state index contributed by atoms with van der Waals surface area (Å²) in [4.78, 5) is 24.2. The summed E-state index contributed by atoms with van der Waals surface area (Å²) in [6, 6.07) is 10.6. The Morgan fingerprint density at radius 3 is 2.40 bits per heavy atom. The lowest BCUT2D eigenvalue weighted by atomic mass is 10.1. The summed E-state index contributed by atoms with van der Waals surface area (Å²) in [6.45, 7) is 7.00. The molecule has 0 aliphatic carbocycles. The quantitative estimate of drug-likeness (QED) is 0.845. The van der Waals surface area contributed by atoms with Crippen molar-refractivity contribution < 1.29 is 18.7 Å². The third kappa shape index (κ3) is 5.60. The predicted molar refractivity (Wildman–Crippen MR) is 95.4 cm³/mol. The first-order valence-electron chi connectivity index (χ1n) is 7.81. The Hall–Kier alpha value is -2.89. The van der Waals surface area contributed by atoms with E-state index in [-0.39, 0.29) is 11.7 Å². The third-order valence-electron chi connectivity index (χ3n) is 3.21. The van der Waals surface area contributed by atoms with E-state index in [0.29, 0.717) is 22.5 Å². The number of hydrogen-bond acceptors (Lipinski definition) is 3. The molecule has 5 nitrogen and oxygen atoms in total. The number of benzene rings is 2. The molecule has 0 saturated carbocycles. The summed E-state index contributed by atoms with van der Waals surface area (Å²) in [5, 5.41) is 5.31. The Kier molecular flexibility index (Phi) is 5.41. The second-order valence-corrected chi connectivity index (χ2v) is 6.62. The molecule has 25 heavy (non-hydrogen) atoms. The fraction of sp³-hybridized carbons (Fsp3) is 0.263.